The molecular weight excluding hydrogens is 534 g/mol. The Morgan fingerprint density at radius 2 is 1.88 bits per heavy atom. The molecule has 41 heavy (non-hydrogen) atoms. The van der Waals surface area contributed by atoms with E-state index in [0.717, 1.165) is 5.56 Å². The van der Waals surface area contributed by atoms with Crippen molar-refractivity contribution >= 4 is 23.6 Å². The van der Waals surface area contributed by atoms with Crippen molar-refractivity contribution in [2.24, 2.45) is 11.3 Å². The van der Waals surface area contributed by atoms with Crippen LogP contribution in [0.15, 0.2) is 48.8 Å². The number of hydrogen-bond donors (Lipinski definition) is 3. The number of carboxylic acids is 1. The van der Waals surface area contributed by atoms with Crippen molar-refractivity contribution in [3.8, 4) is 11.3 Å². The molecule has 1 unspecified atom stereocenters. The molecule has 3 aromatic rings. The lowest BCUT2D eigenvalue weighted by Gasteiger charge is -2.42. The fraction of sp³-hybridized carbons (Fsp3) is 0.433. The summed E-state index contributed by atoms with van der Waals surface area (Å²) in [6, 6.07) is 9.72. The molecule has 1 atom stereocenters. The number of pyridine rings is 3. The zero-order valence-corrected chi connectivity index (χ0v) is 23.2. The van der Waals surface area contributed by atoms with Crippen molar-refractivity contribution in [3.05, 3.63) is 65.6 Å². The SMILES string of the molecule is CC(=O)OCCC1(C(=O)O)CCC(C(C)(O)c2ccc(-c3cc(C)cc(Nc4cc(C(F)F)ccn4)n3)cn2)CC1. The van der Waals surface area contributed by atoms with E-state index < -0.39 is 29.4 Å². The summed E-state index contributed by atoms with van der Waals surface area (Å²) in [5.41, 5.74) is 0.239. The van der Waals surface area contributed by atoms with E-state index >= 15 is 0 Å². The number of alkyl halides is 2. The molecule has 0 radical (unpaired) electrons. The van der Waals surface area contributed by atoms with Crippen molar-refractivity contribution in [2.45, 2.75) is 64.9 Å². The highest BCUT2D eigenvalue weighted by Gasteiger charge is 2.46. The van der Waals surface area contributed by atoms with Gasteiger partial charge in [0.25, 0.3) is 6.43 Å². The maximum absolute atomic E-state index is 13.1. The second-order valence-corrected chi connectivity index (χ2v) is 10.8. The molecule has 4 rings (SSSR count). The van der Waals surface area contributed by atoms with E-state index in [2.05, 4.69) is 20.3 Å². The molecule has 3 aromatic heterocycles. The van der Waals surface area contributed by atoms with Gasteiger partial charge in [0.1, 0.15) is 17.2 Å². The number of nitrogens with zero attached hydrogens (tertiary/aromatic N) is 3. The summed E-state index contributed by atoms with van der Waals surface area (Å²) in [6.45, 7) is 4.92. The van der Waals surface area contributed by atoms with Crippen LogP contribution >= 0.6 is 0 Å². The third-order valence-electron chi connectivity index (χ3n) is 7.92. The van der Waals surface area contributed by atoms with Gasteiger partial charge in [0.15, 0.2) is 0 Å². The maximum Gasteiger partial charge on any atom is 0.309 e. The van der Waals surface area contributed by atoms with Crippen LogP contribution in [-0.4, -0.2) is 43.7 Å². The number of aliphatic carboxylic acids is 1. The summed E-state index contributed by atoms with van der Waals surface area (Å²) >= 11 is 0. The zero-order chi connectivity index (χ0) is 29.8. The number of carbonyl (C=O) groups is 2. The number of aliphatic hydroxyl groups is 1. The third kappa shape index (κ3) is 7.02. The number of aromatic nitrogens is 3. The van der Waals surface area contributed by atoms with Crippen LogP contribution in [0.4, 0.5) is 20.4 Å². The van der Waals surface area contributed by atoms with E-state index in [1.807, 2.05) is 19.1 Å². The Hall–Kier alpha value is -3.99. The molecule has 3 heterocycles. The van der Waals surface area contributed by atoms with Gasteiger partial charge in [0, 0.05) is 30.4 Å². The van der Waals surface area contributed by atoms with Crippen molar-refractivity contribution in [1.29, 1.82) is 0 Å². The molecule has 1 aliphatic carbocycles. The molecular formula is C30H34F2N4O5. The standard InChI is InChI=1S/C30H34F2N4O5/c1-18-14-23(35-26(15-18)36-25-16-20(27(31)32)8-12-33-25)21-4-5-24(34-17-21)29(3,40)22-6-9-30(10-7-22,28(38)39)11-13-41-19(2)37/h4-5,8,12,14-17,22,27,40H,6-7,9-11,13H2,1-3H3,(H,38,39)(H,33,35,36). The third-order valence-corrected chi connectivity index (χ3v) is 7.92. The first-order chi connectivity index (χ1) is 19.4. The van der Waals surface area contributed by atoms with Crippen molar-refractivity contribution in [1.82, 2.24) is 15.0 Å². The fourth-order valence-electron chi connectivity index (χ4n) is 5.41. The molecule has 0 bridgehead atoms. The minimum Gasteiger partial charge on any atom is -0.481 e. The highest BCUT2D eigenvalue weighted by molar-refractivity contribution is 5.75. The van der Waals surface area contributed by atoms with Gasteiger partial charge in [-0.2, -0.15) is 0 Å². The average Bonchev–Trinajstić information content (AvgIpc) is 2.93. The molecule has 0 spiro atoms. The lowest BCUT2D eigenvalue weighted by molar-refractivity contribution is -0.157. The van der Waals surface area contributed by atoms with Crippen LogP contribution in [0.3, 0.4) is 0 Å². The number of carboxylic acid groups (broad SMARTS) is 1. The molecule has 1 fully saturated rings. The monoisotopic (exact) mass is 568 g/mol. The first-order valence-electron chi connectivity index (χ1n) is 13.5. The van der Waals surface area contributed by atoms with E-state index in [-0.39, 0.29) is 30.3 Å². The summed E-state index contributed by atoms with van der Waals surface area (Å²) in [5, 5.41) is 24.4. The topological polar surface area (TPSA) is 135 Å². The number of halogens is 2. The molecule has 1 aliphatic rings. The van der Waals surface area contributed by atoms with Gasteiger partial charge in [-0.15, -0.1) is 0 Å². The smallest absolute Gasteiger partial charge is 0.309 e. The van der Waals surface area contributed by atoms with Crippen LogP contribution in [0, 0.1) is 18.3 Å². The Morgan fingerprint density at radius 3 is 2.49 bits per heavy atom. The fourth-order valence-corrected chi connectivity index (χ4v) is 5.41. The van der Waals surface area contributed by atoms with Gasteiger partial charge >= 0.3 is 11.9 Å². The number of aryl methyl sites for hydroxylation is 1. The van der Waals surface area contributed by atoms with Gasteiger partial charge in [0.05, 0.1) is 23.4 Å². The molecule has 0 aliphatic heterocycles. The highest BCUT2D eigenvalue weighted by atomic mass is 19.3. The number of carbonyl (C=O) groups excluding carboxylic acids is 1. The first-order valence-corrected chi connectivity index (χ1v) is 13.5. The molecule has 9 nitrogen and oxygen atoms in total. The van der Waals surface area contributed by atoms with E-state index in [0.29, 0.717) is 48.5 Å². The summed E-state index contributed by atoms with van der Waals surface area (Å²) in [7, 11) is 0. The predicted molar refractivity (Wildman–Crippen MR) is 148 cm³/mol. The van der Waals surface area contributed by atoms with Gasteiger partial charge in [-0.05, 0) is 93.8 Å². The molecule has 1 saturated carbocycles. The van der Waals surface area contributed by atoms with Crippen LogP contribution in [0.25, 0.3) is 11.3 Å². The predicted octanol–water partition coefficient (Wildman–Crippen LogP) is 5.95. The Bertz CT molecular complexity index is 1390. The summed E-state index contributed by atoms with van der Waals surface area (Å²) in [5.74, 6) is -0.870. The minimum atomic E-state index is -2.61. The van der Waals surface area contributed by atoms with Gasteiger partial charge in [0.2, 0.25) is 0 Å². The quantitative estimate of drug-likeness (QED) is 0.254. The average molecular weight is 569 g/mol. The number of anilines is 2. The van der Waals surface area contributed by atoms with Crippen LogP contribution in [0.5, 0.6) is 0 Å². The van der Waals surface area contributed by atoms with Crippen molar-refractivity contribution in [2.75, 3.05) is 11.9 Å². The van der Waals surface area contributed by atoms with Crippen LogP contribution < -0.4 is 5.32 Å². The number of esters is 1. The molecule has 218 valence electrons. The maximum atomic E-state index is 13.1. The molecule has 0 aromatic carbocycles. The normalized spacial score (nSPS) is 20.3. The van der Waals surface area contributed by atoms with E-state index in [1.165, 1.54) is 25.3 Å². The van der Waals surface area contributed by atoms with E-state index in [4.69, 9.17) is 4.74 Å². The second-order valence-electron chi connectivity index (χ2n) is 10.8. The van der Waals surface area contributed by atoms with Crippen molar-refractivity contribution < 1.29 is 33.3 Å². The van der Waals surface area contributed by atoms with Crippen LogP contribution in [-0.2, 0) is 19.9 Å². The molecule has 3 N–H and O–H groups in total. The first kappa shape index (κ1) is 30.0. The van der Waals surface area contributed by atoms with Gasteiger partial charge < -0.3 is 20.3 Å². The van der Waals surface area contributed by atoms with Crippen molar-refractivity contribution in [3.63, 3.8) is 0 Å². The summed E-state index contributed by atoms with van der Waals surface area (Å²) in [6.07, 6.45) is 2.25. The Morgan fingerprint density at radius 1 is 1.15 bits per heavy atom. The molecule has 0 amide bonds. The zero-order valence-electron chi connectivity index (χ0n) is 23.2. The number of rotatable bonds is 10. The number of hydrogen-bond acceptors (Lipinski definition) is 8. The Kier molecular flexibility index (Phi) is 8.96. The van der Waals surface area contributed by atoms with Gasteiger partial charge in [-0.1, -0.05) is 0 Å². The largest absolute Gasteiger partial charge is 0.481 e. The Labute approximate surface area is 237 Å². The number of ether oxygens (including phenoxy) is 1. The van der Waals surface area contributed by atoms with E-state index in [9.17, 15) is 28.6 Å². The molecule has 11 heteroatoms. The Balaban J connectivity index is 1.47. The number of nitrogens with one attached hydrogen (secondary N) is 1. The second kappa shape index (κ2) is 12.3. The summed E-state index contributed by atoms with van der Waals surface area (Å²) < 4.78 is 31.1. The lowest BCUT2D eigenvalue weighted by atomic mass is 9.64. The highest BCUT2D eigenvalue weighted by Crippen LogP contribution is 2.47. The van der Waals surface area contributed by atoms with E-state index in [1.54, 1.807) is 25.3 Å². The van der Waals surface area contributed by atoms with Gasteiger partial charge in [-0.25, -0.2) is 18.7 Å². The van der Waals surface area contributed by atoms with Crippen LogP contribution in [0.2, 0.25) is 0 Å². The lowest BCUT2D eigenvalue weighted by Crippen LogP contribution is -2.42. The van der Waals surface area contributed by atoms with Gasteiger partial charge in [-0.3, -0.25) is 14.6 Å². The summed E-state index contributed by atoms with van der Waals surface area (Å²) in [4.78, 5) is 36.4. The molecule has 0 saturated heterocycles. The van der Waals surface area contributed by atoms with Crippen LogP contribution in [0.1, 0.15) is 69.2 Å². The minimum absolute atomic E-state index is 0.0501.